The maximum Gasteiger partial charge on any atom is 0.181 e. The number of rotatable bonds is 5. The van der Waals surface area contributed by atoms with E-state index < -0.39 is 0 Å². The predicted molar refractivity (Wildman–Crippen MR) is 112 cm³/mol. The van der Waals surface area contributed by atoms with E-state index in [9.17, 15) is 0 Å². The molecule has 0 unspecified atom stereocenters. The van der Waals surface area contributed by atoms with Crippen molar-refractivity contribution in [1.29, 1.82) is 0 Å². The molecule has 3 atom stereocenters. The van der Waals surface area contributed by atoms with Crippen molar-refractivity contribution in [3.63, 3.8) is 0 Å². The van der Waals surface area contributed by atoms with Crippen LogP contribution in [-0.4, -0.2) is 33.5 Å². The number of nitrogens with two attached hydrogens (primary N) is 1. The van der Waals surface area contributed by atoms with Crippen molar-refractivity contribution in [2.45, 2.75) is 77.0 Å². The summed E-state index contributed by atoms with van der Waals surface area (Å²) in [5.41, 5.74) is 7.25. The van der Waals surface area contributed by atoms with Crippen LogP contribution in [0.5, 0.6) is 0 Å². The van der Waals surface area contributed by atoms with Crippen LogP contribution in [0.15, 0.2) is 30.3 Å². The summed E-state index contributed by atoms with van der Waals surface area (Å²) in [7, 11) is 0. The average molecular weight is 393 g/mol. The number of benzene rings is 1. The van der Waals surface area contributed by atoms with Crippen molar-refractivity contribution < 1.29 is 4.74 Å². The van der Waals surface area contributed by atoms with E-state index in [0.29, 0.717) is 5.92 Å². The molecule has 0 bridgehead atoms. The van der Waals surface area contributed by atoms with Crippen LogP contribution in [0, 0.1) is 0 Å². The lowest BCUT2D eigenvalue weighted by atomic mass is 9.83. The lowest BCUT2D eigenvalue weighted by molar-refractivity contribution is 0.00822. The summed E-state index contributed by atoms with van der Waals surface area (Å²) in [6.45, 7) is 9.44. The summed E-state index contributed by atoms with van der Waals surface area (Å²) >= 11 is 0. The average Bonchev–Trinajstić information content (AvgIpc) is 3.08. The standard InChI is InChI=1S/C21H32N4O.ClH/c1-5-13-26-18-14-16(11-12-17(18)22)20-23-19(15-9-7-6-8-10-15)24-25(20)21(2,3)4;/h6-10,16-18H,5,11-14,22H2,1-4H3;1H/t16-,17+,18+;/m0./s1. The highest BCUT2D eigenvalue weighted by atomic mass is 35.5. The van der Waals surface area contributed by atoms with Gasteiger partial charge >= 0.3 is 0 Å². The zero-order chi connectivity index (χ0) is 18.7. The third kappa shape index (κ3) is 5.09. The van der Waals surface area contributed by atoms with Gasteiger partial charge in [-0.15, -0.1) is 12.4 Å². The zero-order valence-electron chi connectivity index (χ0n) is 16.9. The van der Waals surface area contributed by atoms with E-state index in [4.69, 9.17) is 20.6 Å². The third-order valence-corrected chi connectivity index (χ3v) is 5.04. The van der Waals surface area contributed by atoms with Gasteiger partial charge in [0.25, 0.3) is 0 Å². The fourth-order valence-corrected chi connectivity index (χ4v) is 3.64. The Morgan fingerprint density at radius 2 is 1.89 bits per heavy atom. The number of halogens is 1. The maximum atomic E-state index is 6.31. The van der Waals surface area contributed by atoms with Gasteiger partial charge in [-0.25, -0.2) is 9.67 Å². The SMILES string of the molecule is CCCO[C@@H]1C[C@@H](c2nc(-c3ccccc3)nn2C(C)(C)C)CC[C@H]1N.Cl. The lowest BCUT2D eigenvalue weighted by Crippen LogP contribution is -2.42. The molecule has 2 aromatic rings. The Balaban J connectivity index is 0.00000261. The summed E-state index contributed by atoms with van der Waals surface area (Å²) in [6.07, 6.45) is 4.06. The van der Waals surface area contributed by atoms with Crippen molar-refractivity contribution in [2.75, 3.05) is 6.61 Å². The third-order valence-electron chi connectivity index (χ3n) is 5.04. The highest BCUT2D eigenvalue weighted by Gasteiger charge is 2.34. The van der Waals surface area contributed by atoms with E-state index >= 15 is 0 Å². The highest BCUT2D eigenvalue weighted by molar-refractivity contribution is 5.85. The van der Waals surface area contributed by atoms with Gasteiger partial charge in [-0.05, 0) is 46.5 Å². The van der Waals surface area contributed by atoms with Gasteiger partial charge in [-0.1, -0.05) is 37.3 Å². The van der Waals surface area contributed by atoms with Crippen LogP contribution in [-0.2, 0) is 10.3 Å². The second-order valence-electron chi connectivity index (χ2n) is 8.33. The van der Waals surface area contributed by atoms with Gasteiger partial charge in [0, 0.05) is 24.1 Å². The molecule has 27 heavy (non-hydrogen) atoms. The molecule has 150 valence electrons. The molecule has 1 aromatic heterocycles. The molecule has 5 nitrogen and oxygen atoms in total. The number of hydrogen-bond donors (Lipinski definition) is 1. The van der Waals surface area contributed by atoms with E-state index in [2.05, 4.69) is 44.5 Å². The van der Waals surface area contributed by atoms with E-state index in [-0.39, 0.29) is 30.1 Å². The van der Waals surface area contributed by atoms with E-state index in [1.165, 1.54) is 0 Å². The van der Waals surface area contributed by atoms with Crippen LogP contribution < -0.4 is 5.73 Å². The molecule has 0 aliphatic heterocycles. The Hall–Kier alpha value is -1.43. The first-order valence-electron chi connectivity index (χ1n) is 9.80. The van der Waals surface area contributed by atoms with Crippen LogP contribution >= 0.6 is 12.4 Å². The van der Waals surface area contributed by atoms with Gasteiger partial charge in [0.05, 0.1) is 11.6 Å². The monoisotopic (exact) mass is 392 g/mol. The molecule has 1 aliphatic rings. The molecule has 0 amide bonds. The number of aromatic nitrogens is 3. The molecular formula is C21H33ClN4O. The van der Waals surface area contributed by atoms with E-state index in [0.717, 1.165) is 49.5 Å². The minimum atomic E-state index is -0.116. The Bertz CT molecular complexity index is 711. The van der Waals surface area contributed by atoms with Crippen molar-refractivity contribution in [3.8, 4) is 11.4 Å². The van der Waals surface area contributed by atoms with Gasteiger partial charge in [0.1, 0.15) is 5.82 Å². The van der Waals surface area contributed by atoms with Crippen molar-refractivity contribution in [2.24, 2.45) is 5.73 Å². The van der Waals surface area contributed by atoms with Gasteiger partial charge in [0.15, 0.2) is 5.82 Å². The van der Waals surface area contributed by atoms with Gasteiger partial charge in [0.2, 0.25) is 0 Å². The molecule has 1 saturated carbocycles. The zero-order valence-corrected chi connectivity index (χ0v) is 17.7. The molecule has 6 heteroatoms. The fourth-order valence-electron chi connectivity index (χ4n) is 3.64. The minimum absolute atomic E-state index is 0. The highest BCUT2D eigenvalue weighted by Crippen LogP contribution is 2.35. The number of ether oxygens (including phenoxy) is 1. The van der Waals surface area contributed by atoms with Crippen molar-refractivity contribution >= 4 is 12.4 Å². The van der Waals surface area contributed by atoms with Gasteiger partial charge in [-0.2, -0.15) is 5.10 Å². The molecular weight excluding hydrogens is 360 g/mol. The van der Waals surface area contributed by atoms with E-state index in [1.54, 1.807) is 0 Å². The molecule has 1 heterocycles. The summed E-state index contributed by atoms with van der Waals surface area (Å²) < 4.78 is 8.14. The molecule has 2 N–H and O–H groups in total. The predicted octanol–water partition coefficient (Wildman–Crippen LogP) is 4.51. The van der Waals surface area contributed by atoms with Crippen LogP contribution in [0.4, 0.5) is 0 Å². The Kier molecular flexibility index (Phi) is 7.43. The largest absolute Gasteiger partial charge is 0.377 e. The van der Waals surface area contributed by atoms with Crippen LogP contribution in [0.2, 0.25) is 0 Å². The topological polar surface area (TPSA) is 66.0 Å². The number of hydrogen-bond acceptors (Lipinski definition) is 4. The van der Waals surface area contributed by atoms with Crippen LogP contribution in [0.3, 0.4) is 0 Å². The molecule has 1 fully saturated rings. The normalized spacial score (nSPS) is 23.1. The lowest BCUT2D eigenvalue weighted by Gasteiger charge is -2.34. The summed E-state index contributed by atoms with van der Waals surface area (Å²) in [6, 6.07) is 10.3. The molecule has 1 aromatic carbocycles. The van der Waals surface area contributed by atoms with E-state index in [1.807, 2.05) is 18.2 Å². The fraction of sp³-hybridized carbons (Fsp3) is 0.619. The van der Waals surface area contributed by atoms with Gasteiger partial charge in [-0.3, -0.25) is 0 Å². The summed E-state index contributed by atoms with van der Waals surface area (Å²) in [5.74, 6) is 2.20. The Labute approximate surface area is 169 Å². The molecule has 1 aliphatic carbocycles. The minimum Gasteiger partial charge on any atom is -0.377 e. The van der Waals surface area contributed by atoms with Crippen molar-refractivity contribution in [3.05, 3.63) is 36.2 Å². The van der Waals surface area contributed by atoms with Crippen molar-refractivity contribution in [1.82, 2.24) is 14.8 Å². The first-order valence-corrected chi connectivity index (χ1v) is 9.80. The first kappa shape index (κ1) is 21.9. The number of nitrogens with zero attached hydrogens (tertiary/aromatic N) is 3. The Morgan fingerprint density at radius 3 is 2.52 bits per heavy atom. The Morgan fingerprint density at radius 1 is 1.19 bits per heavy atom. The summed E-state index contributed by atoms with van der Waals surface area (Å²) in [4.78, 5) is 4.97. The van der Waals surface area contributed by atoms with Crippen LogP contribution in [0.25, 0.3) is 11.4 Å². The van der Waals surface area contributed by atoms with Gasteiger partial charge < -0.3 is 10.5 Å². The second-order valence-corrected chi connectivity index (χ2v) is 8.33. The first-order chi connectivity index (χ1) is 12.4. The molecule has 0 radical (unpaired) electrons. The molecule has 3 rings (SSSR count). The second kappa shape index (κ2) is 9.18. The maximum absolute atomic E-state index is 6.31. The molecule has 0 saturated heterocycles. The van der Waals surface area contributed by atoms with Crippen LogP contribution in [0.1, 0.15) is 65.1 Å². The molecule has 0 spiro atoms. The summed E-state index contributed by atoms with van der Waals surface area (Å²) in [5, 5.41) is 4.87. The quantitative estimate of drug-likeness (QED) is 0.812. The smallest absolute Gasteiger partial charge is 0.181 e.